The molecule has 47 heavy (non-hydrogen) atoms. The van der Waals surface area contributed by atoms with Crippen LogP contribution in [-0.4, -0.2) is 65.8 Å². The maximum atomic E-state index is 14.3. The summed E-state index contributed by atoms with van der Waals surface area (Å²) < 4.78 is 29.9. The van der Waals surface area contributed by atoms with Crippen molar-refractivity contribution in [3.05, 3.63) is 88.9 Å². The predicted octanol–water partition coefficient (Wildman–Crippen LogP) is 5.19. The summed E-state index contributed by atoms with van der Waals surface area (Å²) in [7, 11) is 1.88. The van der Waals surface area contributed by atoms with Crippen molar-refractivity contribution < 1.29 is 18.7 Å². The zero-order chi connectivity index (χ0) is 32.5. The van der Waals surface area contributed by atoms with Gasteiger partial charge in [0, 0.05) is 48.7 Å². The van der Waals surface area contributed by atoms with Crippen LogP contribution in [0.3, 0.4) is 0 Å². The first kappa shape index (κ1) is 30.7. The van der Waals surface area contributed by atoms with E-state index >= 15 is 0 Å². The quantitative estimate of drug-likeness (QED) is 0.191. The van der Waals surface area contributed by atoms with Crippen molar-refractivity contribution in [2.24, 2.45) is 7.05 Å². The second kappa shape index (κ2) is 13.0. The van der Waals surface area contributed by atoms with E-state index in [9.17, 15) is 9.18 Å². The zero-order valence-corrected chi connectivity index (χ0v) is 26.4. The number of aromatic nitrogens is 6. The van der Waals surface area contributed by atoms with Crippen LogP contribution in [0.25, 0.3) is 22.3 Å². The molecule has 2 saturated heterocycles. The van der Waals surface area contributed by atoms with Crippen LogP contribution in [0.1, 0.15) is 65.1 Å². The zero-order valence-electron chi connectivity index (χ0n) is 26.4. The van der Waals surface area contributed by atoms with Crippen molar-refractivity contribution in [2.75, 3.05) is 19.7 Å². The van der Waals surface area contributed by atoms with Crippen molar-refractivity contribution in [2.45, 2.75) is 57.9 Å². The largest absolute Gasteiger partial charge is 0.458 e. The Bertz CT molecular complexity index is 1980. The Hall–Kier alpha value is -4.99. The SMILES string of the molecule is CC(=O)c1cc(-c2ccn(C)n2)c2nc(CN3CCC(c4ccnc(OCc5ccc(C#N)cc5F)n4)CC3)n(C[C@@H]3CCO3)c2c1. The Balaban J connectivity index is 1.08. The number of hydrogen-bond acceptors (Lipinski definition) is 9. The molecule has 5 heterocycles. The first-order valence-corrected chi connectivity index (χ1v) is 15.9. The summed E-state index contributed by atoms with van der Waals surface area (Å²) in [6.45, 7) is 5.39. The molecule has 0 amide bonds. The van der Waals surface area contributed by atoms with Crippen LogP contribution < -0.4 is 4.74 Å². The molecule has 2 fully saturated rings. The average molecular weight is 635 g/mol. The Morgan fingerprint density at radius 1 is 1.13 bits per heavy atom. The molecule has 2 aliphatic rings. The van der Waals surface area contributed by atoms with E-state index in [-0.39, 0.29) is 36.0 Å². The number of imidazole rings is 1. The van der Waals surface area contributed by atoms with Gasteiger partial charge in [-0.3, -0.25) is 14.4 Å². The lowest BCUT2D eigenvalue weighted by Gasteiger charge is -2.32. The Kier molecular flexibility index (Phi) is 8.49. The van der Waals surface area contributed by atoms with E-state index in [1.54, 1.807) is 29.9 Å². The Morgan fingerprint density at radius 3 is 2.64 bits per heavy atom. The molecule has 2 aliphatic heterocycles. The normalized spacial score (nSPS) is 17.0. The molecule has 0 aliphatic carbocycles. The summed E-state index contributed by atoms with van der Waals surface area (Å²) in [5, 5.41) is 13.6. The fraction of sp³-hybridized carbons (Fsp3) is 0.371. The van der Waals surface area contributed by atoms with E-state index in [0.29, 0.717) is 24.2 Å². The summed E-state index contributed by atoms with van der Waals surface area (Å²) in [4.78, 5) is 29.0. The molecule has 240 valence electrons. The average Bonchev–Trinajstić information content (AvgIpc) is 3.64. The van der Waals surface area contributed by atoms with E-state index < -0.39 is 5.82 Å². The number of halogens is 1. The summed E-state index contributed by atoms with van der Waals surface area (Å²) >= 11 is 0. The minimum atomic E-state index is -0.492. The molecule has 2 aromatic carbocycles. The Morgan fingerprint density at radius 2 is 1.96 bits per heavy atom. The van der Waals surface area contributed by atoms with Crippen LogP contribution in [0.2, 0.25) is 0 Å². The maximum absolute atomic E-state index is 14.3. The third-order valence-corrected chi connectivity index (χ3v) is 9.07. The summed E-state index contributed by atoms with van der Waals surface area (Å²) in [5.41, 5.74) is 5.54. The van der Waals surface area contributed by atoms with E-state index in [0.717, 1.165) is 72.8 Å². The van der Waals surface area contributed by atoms with E-state index in [1.165, 1.54) is 6.07 Å². The van der Waals surface area contributed by atoms with Gasteiger partial charge in [0.1, 0.15) is 18.2 Å². The minimum absolute atomic E-state index is 0.0000423. The van der Waals surface area contributed by atoms with E-state index in [4.69, 9.17) is 19.7 Å². The number of nitriles is 1. The number of benzene rings is 2. The van der Waals surface area contributed by atoms with Crippen LogP contribution in [-0.2, 0) is 31.5 Å². The molecular weight excluding hydrogens is 599 g/mol. The minimum Gasteiger partial charge on any atom is -0.458 e. The lowest BCUT2D eigenvalue weighted by Crippen LogP contribution is -2.35. The summed E-state index contributed by atoms with van der Waals surface area (Å²) in [5.74, 6) is 0.688. The number of nitrogens with zero attached hydrogens (tertiary/aromatic N) is 8. The molecule has 5 aromatic rings. The smallest absolute Gasteiger partial charge is 0.316 e. The van der Waals surface area contributed by atoms with Gasteiger partial charge in [0.2, 0.25) is 0 Å². The molecule has 0 radical (unpaired) electrons. The van der Waals surface area contributed by atoms with Crippen molar-refractivity contribution >= 4 is 16.8 Å². The van der Waals surface area contributed by atoms with Gasteiger partial charge < -0.3 is 14.0 Å². The van der Waals surface area contributed by atoms with Gasteiger partial charge in [-0.2, -0.15) is 15.3 Å². The van der Waals surface area contributed by atoms with Crippen LogP contribution >= 0.6 is 0 Å². The number of rotatable bonds is 10. The van der Waals surface area contributed by atoms with Crippen LogP contribution in [0.15, 0.2) is 54.9 Å². The highest BCUT2D eigenvalue weighted by Crippen LogP contribution is 2.33. The van der Waals surface area contributed by atoms with Gasteiger partial charge in [-0.05, 0) is 75.7 Å². The number of likely N-dealkylation sites (tertiary alicyclic amines) is 1. The van der Waals surface area contributed by atoms with Gasteiger partial charge in [0.15, 0.2) is 5.78 Å². The Labute approximate surface area is 271 Å². The molecule has 7 rings (SSSR count). The second-order valence-electron chi connectivity index (χ2n) is 12.3. The first-order valence-electron chi connectivity index (χ1n) is 15.9. The van der Waals surface area contributed by atoms with Gasteiger partial charge in [0.05, 0.1) is 53.2 Å². The predicted molar refractivity (Wildman–Crippen MR) is 171 cm³/mol. The van der Waals surface area contributed by atoms with Gasteiger partial charge in [0.25, 0.3) is 0 Å². The van der Waals surface area contributed by atoms with Gasteiger partial charge in [-0.15, -0.1) is 0 Å². The van der Waals surface area contributed by atoms with Crippen molar-refractivity contribution in [1.29, 1.82) is 5.26 Å². The lowest BCUT2D eigenvalue weighted by molar-refractivity contribution is -0.0592. The number of piperidine rings is 1. The number of carbonyl (C=O) groups is 1. The third kappa shape index (κ3) is 6.50. The standard InChI is InChI=1S/C35H35FN8O3/c1-22(45)26-16-28(31-8-11-42(2)41-31)34-32(17-26)44(19-27-9-14-46-27)33(40-34)20-43-12-6-24(7-13-43)30-5-10-38-35(39-30)47-21-25-4-3-23(18-37)15-29(25)36/h3-5,8,10-11,15-17,24,27H,6-7,9,12-14,19-21H2,1-2H3/t27-/m0/s1. The first-order chi connectivity index (χ1) is 22.8. The number of hydrogen-bond donors (Lipinski definition) is 0. The highest BCUT2D eigenvalue weighted by Gasteiger charge is 2.27. The van der Waals surface area contributed by atoms with Gasteiger partial charge >= 0.3 is 6.01 Å². The maximum Gasteiger partial charge on any atom is 0.316 e. The van der Waals surface area contributed by atoms with Crippen LogP contribution in [0.4, 0.5) is 4.39 Å². The van der Waals surface area contributed by atoms with Gasteiger partial charge in [-0.1, -0.05) is 6.07 Å². The monoisotopic (exact) mass is 634 g/mol. The van der Waals surface area contributed by atoms with E-state index in [1.807, 2.05) is 43.6 Å². The van der Waals surface area contributed by atoms with Crippen molar-refractivity contribution in [3.8, 4) is 23.3 Å². The number of ketones is 1. The lowest BCUT2D eigenvalue weighted by atomic mass is 9.93. The summed E-state index contributed by atoms with van der Waals surface area (Å²) in [6, 6.07) is 14.2. The molecule has 11 nitrogen and oxygen atoms in total. The molecular formula is C35H35FN8O3. The van der Waals surface area contributed by atoms with E-state index in [2.05, 4.69) is 24.5 Å². The molecule has 0 N–H and O–H groups in total. The number of carbonyl (C=O) groups excluding carboxylic acids is 1. The number of fused-ring (bicyclic) bond motifs is 1. The highest BCUT2D eigenvalue weighted by molar-refractivity contribution is 6.02. The second-order valence-corrected chi connectivity index (χ2v) is 12.3. The topological polar surface area (TPSA) is 124 Å². The fourth-order valence-corrected chi connectivity index (χ4v) is 6.30. The van der Waals surface area contributed by atoms with Gasteiger partial charge in [-0.25, -0.2) is 14.4 Å². The fourth-order valence-electron chi connectivity index (χ4n) is 6.30. The third-order valence-electron chi connectivity index (χ3n) is 9.07. The van der Waals surface area contributed by atoms with Crippen molar-refractivity contribution in [1.82, 2.24) is 34.2 Å². The number of ether oxygens (including phenoxy) is 2. The molecule has 0 spiro atoms. The molecule has 3 aromatic heterocycles. The number of aryl methyl sites for hydroxylation is 1. The molecule has 0 saturated carbocycles. The van der Waals surface area contributed by atoms with Crippen LogP contribution in [0, 0.1) is 17.1 Å². The highest BCUT2D eigenvalue weighted by atomic mass is 19.1. The molecule has 0 bridgehead atoms. The van der Waals surface area contributed by atoms with Crippen molar-refractivity contribution in [3.63, 3.8) is 0 Å². The molecule has 12 heteroatoms. The summed E-state index contributed by atoms with van der Waals surface area (Å²) in [6.07, 6.45) is 6.50. The number of Topliss-reactive ketones (excluding diaryl/α,β-unsaturated/α-hetero) is 1. The van der Waals surface area contributed by atoms with Crippen LogP contribution in [0.5, 0.6) is 6.01 Å². The molecule has 1 atom stereocenters. The molecule has 0 unspecified atom stereocenters.